The summed E-state index contributed by atoms with van der Waals surface area (Å²) in [5.74, 6) is 2.19. The van der Waals surface area contributed by atoms with E-state index in [9.17, 15) is 0 Å². The maximum absolute atomic E-state index is 3.70. The molecule has 0 spiro atoms. The summed E-state index contributed by atoms with van der Waals surface area (Å²) in [6, 6.07) is 10.1. The molecule has 1 nitrogen and oxygen atoms in total. The van der Waals surface area contributed by atoms with E-state index in [2.05, 4.69) is 48.3 Å². The topological polar surface area (TPSA) is 12.0 Å². The van der Waals surface area contributed by atoms with Crippen LogP contribution in [0.4, 0.5) is 0 Å². The van der Waals surface area contributed by atoms with Gasteiger partial charge in [-0.05, 0) is 55.0 Å². The molecule has 2 atom stereocenters. The minimum absolute atomic E-state index is 0.549. The van der Waals surface area contributed by atoms with Crippen molar-refractivity contribution in [1.82, 2.24) is 5.32 Å². The molecule has 0 amide bonds. The van der Waals surface area contributed by atoms with Crippen LogP contribution in [0.15, 0.2) is 24.3 Å². The molecule has 2 aliphatic rings. The van der Waals surface area contributed by atoms with Gasteiger partial charge >= 0.3 is 0 Å². The van der Waals surface area contributed by atoms with Gasteiger partial charge < -0.3 is 5.32 Å². The van der Waals surface area contributed by atoms with Crippen molar-refractivity contribution in [3.8, 4) is 0 Å². The van der Waals surface area contributed by atoms with Gasteiger partial charge in [0.1, 0.15) is 0 Å². The lowest BCUT2D eigenvalue weighted by atomic mass is 9.79. The Morgan fingerprint density at radius 2 is 1.95 bits per heavy atom. The Morgan fingerprint density at radius 3 is 2.47 bits per heavy atom. The zero-order valence-corrected chi connectivity index (χ0v) is 12.7. The van der Waals surface area contributed by atoms with E-state index in [0.29, 0.717) is 6.04 Å². The van der Waals surface area contributed by atoms with Crippen molar-refractivity contribution in [3.05, 3.63) is 35.4 Å². The molecule has 1 heterocycles. The molecule has 1 N–H and O–H groups in total. The van der Waals surface area contributed by atoms with E-state index in [1.54, 1.807) is 5.56 Å². The molecule has 1 saturated carbocycles. The van der Waals surface area contributed by atoms with E-state index >= 15 is 0 Å². The van der Waals surface area contributed by atoms with Crippen molar-refractivity contribution >= 4 is 11.8 Å². The van der Waals surface area contributed by atoms with E-state index in [1.165, 1.54) is 43.4 Å². The van der Waals surface area contributed by atoms with Crippen molar-refractivity contribution in [2.75, 3.05) is 12.3 Å². The van der Waals surface area contributed by atoms with Crippen LogP contribution in [0.2, 0.25) is 0 Å². The molecule has 1 aliphatic heterocycles. The molecular weight excluding hydrogens is 250 g/mol. The van der Waals surface area contributed by atoms with Crippen LogP contribution in [0.5, 0.6) is 0 Å². The first-order valence-electron chi connectivity index (χ1n) is 7.83. The molecule has 1 aromatic rings. The number of rotatable bonds is 5. The average molecular weight is 275 g/mol. The third-order valence-corrected chi connectivity index (χ3v) is 6.09. The van der Waals surface area contributed by atoms with Crippen LogP contribution < -0.4 is 5.32 Å². The van der Waals surface area contributed by atoms with E-state index in [4.69, 9.17) is 0 Å². The number of nitrogens with one attached hydrogen (secondary N) is 1. The fourth-order valence-corrected chi connectivity index (χ4v) is 4.68. The van der Waals surface area contributed by atoms with E-state index < -0.39 is 0 Å². The smallest absolute Gasteiger partial charge is 0.0440 e. The summed E-state index contributed by atoms with van der Waals surface area (Å²) in [6.07, 6.45) is 6.97. The minimum atomic E-state index is 0.549. The van der Waals surface area contributed by atoms with Gasteiger partial charge in [0.2, 0.25) is 0 Å². The Hall–Kier alpha value is -0.470. The fourth-order valence-electron chi connectivity index (χ4n) is 3.27. The Kier molecular flexibility index (Phi) is 4.49. The van der Waals surface area contributed by atoms with Gasteiger partial charge in [-0.3, -0.25) is 0 Å². The summed E-state index contributed by atoms with van der Waals surface area (Å²) in [4.78, 5) is 0. The van der Waals surface area contributed by atoms with Gasteiger partial charge in [0, 0.05) is 11.3 Å². The zero-order chi connectivity index (χ0) is 13.1. The average Bonchev–Trinajstić information content (AvgIpc) is 2.89. The lowest BCUT2D eigenvalue weighted by Crippen LogP contribution is -2.28. The van der Waals surface area contributed by atoms with Crippen LogP contribution in [0.3, 0.4) is 0 Å². The Balaban J connectivity index is 1.73. The molecule has 1 saturated heterocycles. The molecular formula is C17H25NS. The number of benzene rings is 1. The van der Waals surface area contributed by atoms with Crippen LogP contribution in [-0.2, 0) is 0 Å². The van der Waals surface area contributed by atoms with Gasteiger partial charge in [0.05, 0.1) is 0 Å². The van der Waals surface area contributed by atoms with Crippen LogP contribution in [0, 0.1) is 0 Å². The zero-order valence-electron chi connectivity index (χ0n) is 11.9. The molecule has 0 bridgehead atoms. The maximum Gasteiger partial charge on any atom is 0.0440 e. The standard InChI is InChI=1S/C17H25NS/c1-2-18-17(16-7-4-12-19-16)15-10-8-14(9-11-15)13-5-3-6-13/h8-11,13,16-18H,2-7,12H2,1H3. The first-order valence-corrected chi connectivity index (χ1v) is 8.88. The van der Waals surface area contributed by atoms with Crippen molar-refractivity contribution in [1.29, 1.82) is 0 Å². The molecule has 3 rings (SSSR count). The van der Waals surface area contributed by atoms with E-state index in [1.807, 2.05) is 0 Å². The maximum atomic E-state index is 3.70. The highest BCUT2D eigenvalue weighted by molar-refractivity contribution is 8.00. The van der Waals surface area contributed by atoms with Gasteiger partial charge in [0.25, 0.3) is 0 Å². The largest absolute Gasteiger partial charge is 0.309 e. The van der Waals surface area contributed by atoms with Crippen LogP contribution >= 0.6 is 11.8 Å². The Bertz CT molecular complexity index is 390. The van der Waals surface area contributed by atoms with E-state index in [-0.39, 0.29) is 0 Å². The normalized spacial score (nSPS) is 25.2. The number of thioether (sulfide) groups is 1. The lowest BCUT2D eigenvalue weighted by molar-refractivity contribution is 0.419. The second-order valence-electron chi connectivity index (χ2n) is 5.88. The van der Waals surface area contributed by atoms with Gasteiger partial charge in [-0.25, -0.2) is 0 Å². The van der Waals surface area contributed by atoms with Gasteiger partial charge in [-0.2, -0.15) is 11.8 Å². The summed E-state index contributed by atoms with van der Waals surface area (Å²) in [7, 11) is 0. The minimum Gasteiger partial charge on any atom is -0.309 e. The summed E-state index contributed by atoms with van der Waals surface area (Å²) in [5.41, 5.74) is 3.05. The predicted octanol–water partition coefficient (Wildman–Crippen LogP) is 4.50. The highest BCUT2D eigenvalue weighted by atomic mass is 32.2. The second-order valence-corrected chi connectivity index (χ2v) is 7.23. The van der Waals surface area contributed by atoms with Gasteiger partial charge in [-0.15, -0.1) is 0 Å². The van der Waals surface area contributed by atoms with Crippen molar-refractivity contribution < 1.29 is 0 Å². The first-order chi connectivity index (χ1) is 9.38. The third-order valence-electron chi connectivity index (χ3n) is 4.63. The second kappa shape index (κ2) is 6.32. The number of hydrogen-bond donors (Lipinski definition) is 1. The molecule has 2 fully saturated rings. The predicted molar refractivity (Wildman–Crippen MR) is 84.9 cm³/mol. The van der Waals surface area contributed by atoms with Crippen molar-refractivity contribution in [2.24, 2.45) is 0 Å². The molecule has 104 valence electrons. The van der Waals surface area contributed by atoms with Crippen LogP contribution in [0.25, 0.3) is 0 Å². The molecule has 1 aliphatic carbocycles. The molecule has 19 heavy (non-hydrogen) atoms. The molecule has 2 heteroatoms. The van der Waals surface area contributed by atoms with Gasteiger partial charge in [0.15, 0.2) is 0 Å². The van der Waals surface area contributed by atoms with E-state index in [0.717, 1.165) is 17.7 Å². The number of hydrogen-bond acceptors (Lipinski definition) is 2. The van der Waals surface area contributed by atoms with Crippen molar-refractivity contribution in [3.63, 3.8) is 0 Å². The monoisotopic (exact) mass is 275 g/mol. The van der Waals surface area contributed by atoms with Crippen molar-refractivity contribution in [2.45, 2.75) is 56.2 Å². The lowest BCUT2D eigenvalue weighted by Gasteiger charge is -2.27. The summed E-state index contributed by atoms with van der Waals surface area (Å²) in [6.45, 7) is 3.28. The van der Waals surface area contributed by atoms with Gasteiger partial charge in [-0.1, -0.05) is 37.6 Å². The highest BCUT2D eigenvalue weighted by Crippen LogP contribution is 2.39. The summed E-state index contributed by atoms with van der Waals surface area (Å²) in [5, 5.41) is 4.47. The third kappa shape index (κ3) is 3.00. The molecule has 2 unspecified atom stereocenters. The fraction of sp³-hybridized carbons (Fsp3) is 0.647. The quantitative estimate of drug-likeness (QED) is 0.849. The molecule has 1 aromatic carbocycles. The summed E-state index contributed by atoms with van der Waals surface area (Å²) >= 11 is 2.15. The summed E-state index contributed by atoms with van der Waals surface area (Å²) < 4.78 is 0. The Labute approximate surface area is 121 Å². The SMILES string of the molecule is CCNC(c1ccc(C2CCC2)cc1)C1CCCS1. The molecule has 0 radical (unpaired) electrons. The Morgan fingerprint density at radius 1 is 1.16 bits per heavy atom. The van der Waals surface area contributed by atoms with Crippen LogP contribution in [-0.4, -0.2) is 17.5 Å². The first kappa shape index (κ1) is 13.5. The van der Waals surface area contributed by atoms with Crippen LogP contribution in [0.1, 0.15) is 62.1 Å². The molecule has 0 aromatic heterocycles. The highest BCUT2D eigenvalue weighted by Gasteiger charge is 2.26.